The van der Waals surface area contributed by atoms with Crippen LogP contribution in [0.15, 0.2) is 33.1 Å². The van der Waals surface area contributed by atoms with Gasteiger partial charge in [0.05, 0.1) is 18.9 Å². The van der Waals surface area contributed by atoms with E-state index in [4.69, 9.17) is 4.74 Å². The summed E-state index contributed by atoms with van der Waals surface area (Å²) >= 11 is 2.02. The highest BCUT2D eigenvalue weighted by molar-refractivity contribution is 9.10. The molecule has 2 rings (SSSR count). The van der Waals surface area contributed by atoms with Crippen LogP contribution < -0.4 is 0 Å². The first-order valence-corrected chi connectivity index (χ1v) is 7.26. The van der Waals surface area contributed by atoms with E-state index in [1.807, 2.05) is 35.5 Å². The van der Waals surface area contributed by atoms with Crippen molar-refractivity contribution in [3.63, 3.8) is 0 Å². The standard InChI is InChI=1S/C11H14BrN2O2S/c1-9-8-16-7-6-14(9)17(15)13-11-4-2-10(12)3-5-11/h2-5,9H,6-8H2,1H3/q-1. The number of hydrogen-bond acceptors (Lipinski definition) is 3. The van der Waals surface area contributed by atoms with Crippen LogP contribution in [0.1, 0.15) is 6.92 Å². The molecule has 0 spiro atoms. The first-order valence-electron chi connectivity index (χ1n) is 5.40. The van der Waals surface area contributed by atoms with Crippen molar-refractivity contribution in [3.8, 4) is 0 Å². The van der Waals surface area contributed by atoms with Crippen LogP contribution in [0.5, 0.6) is 0 Å². The molecule has 0 aliphatic carbocycles. The maximum atomic E-state index is 12.1. The molecule has 2 atom stereocenters. The zero-order chi connectivity index (χ0) is 12.3. The molecule has 1 aliphatic rings. The largest absolute Gasteiger partial charge is 0.776 e. The van der Waals surface area contributed by atoms with Crippen LogP contribution in [0.4, 0.5) is 5.69 Å². The summed E-state index contributed by atoms with van der Waals surface area (Å²) in [6.45, 7) is 3.88. The van der Waals surface area contributed by atoms with E-state index < -0.39 is 11.2 Å². The van der Waals surface area contributed by atoms with Gasteiger partial charge in [0.25, 0.3) is 0 Å². The lowest BCUT2D eigenvalue weighted by molar-refractivity contribution is 0.0401. The zero-order valence-corrected chi connectivity index (χ0v) is 11.9. The Morgan fingerprint density at radius 3 is 2.82 bits per heavy atom. The van der Waals surface area contributed by atoms with E-state index in [1.54, 1.807) is 0 Å². The molecule has 1 saturated heterocycles. The third-order valence-corrected chi connectivity index (χ3v) is 4.36. The fourth-order valence-electron chi connectivity index (χ4n) is 1.59. The lowest BCUT2D eigenvalue weighted by atomic mass is 10.3. The molecule has 17 heavy (non-hydrogen) atoms. The second-order valence-corrected chi connectivity index (χ2v) is 5.89. The van der Waals surface area contributed by atoms with Gasteiger partial charge in [0.1, 0.15) is 0 Å². The van der Waals surface area contributed by atoms with Gasteiger partial charge in [-0.05, 0) is 31.2 Å². The van der Waals surface area contributed by atoms with Gasteiger partial charge in [-0.25, -0.2) is 8.67 Å². The minimum Gasteiger partial charge on any atom is -0.776 e. The molecular weight excluding hydrogens is 304 g/mol. The molecule has 0 amide bonds. The van der Waals surface area contributed by atoms with Crippen molar-refractivity contribution in [1.82, 2.24) is 4.31 Å². The molecule has 1 aromatic carbocycles. The predicted molar refractivity (Wildman–Crippen MR) is 71.4 cm³/mol. The molecular formula is C11H14BrN2O2S-. The van der Waals surface area contributed by atoms with Gasteiger partial charge >= 0.3 is 0 Å². The molecule has 0 radical (unpaired) electrons. The summed E-state index contributed by atoms with van der Waals surface area (Å²) < 4.78 is 24.4. The number of halogens is 1. The van der Waals surface area contributed by atoms with Crippen molar-refractivity contribution in [2.24, 2.45) is 4.36 Å². The van der Waals surface area contributed by atoms with E-state index in [9.17, 15) is 4.55 Å². The third kappa shape index (κ3) is 3.59. The van der Waals surface area contributed by atoms with Gasteiger partial charge in [0.15, 0.2) is 0 Å². The highest BCUT2D eigenvalue weighted by Gasteiger charge is 2.17. The normalized spacial score (nSPS) is 23.8. The summed E-state index contributed by atoms with van der Waals surface area (Å²) in [5.74, 6) is 0. The molecule has 1 aliphatic heterocycles. The zero-order valence-electron chi connectivity index (χ0n) is 9.51. The van der Waals surface area contributed by atoms with Crippen LogP contribution in [-0.2, 0) is 15.9 Å². The molecule has 6 heteroatoms. The van der Waals surface area contributed by atoms with Gasteiger partial charge in [-0.15, -0.1) is 11.2 Å². The molecule has 1 fully saturated rings. The molecule has 0 saturated carbocycles. The Balaban J connectivity index is 2.12. The Kier molecular flexibility index (Phi) is 4.69. The molecule has 0 N–H and O–H groups in total. The molecule has 0 aromatic heterocycles. The van der Waals surface area contributed by atoms with Gasteiger partial charge in [-0.1, -0.05) is 15.9 Å². The Hall–Kier alpha value is -0.270. The fraction of sp³-hybridized carbons (Fsp3) is 0.455. The smallest absolute Gasteiger partial charge is 0.0705 e. The summed E-state index contributed by atoms with van der Waals surface area (Å²) in [4.78, 5) is 0. The van der Waals surface area contributed by atoms with Crippen LogP contribution >= 0.6 is 15.9 Å². The van der Waals surface area contributed by atoms with E-state index in [1.165, 1.54) is 0 Å². The van der Waals surface area contributed by atoms with Gasteiger partial charge in [0.2, 0.25) is 0 Å². The summed E-state index contributed by atoms with van der Waals surface area (Å²) in [5, 5.41) is 0. The minimum atomic E-state index is -1.33. The maximum Gasteiger partial charge on any atom is 0.0705 e. The SMILES string of the molecule is CC1COCCN1S([O-])=Nc1ccc(Br)cc1. The number of hydrogen-bond donors (Lipinski definition) is 0. The topological polar surface area (TPSA) is 47.9 Å². The molecule has 0 bridgehead atoms. The summed E-state index contributed by atoms with van der Waals surface area (Å²) in [6, 6.07) is 7.60. The Bertz CT molecular complexity index is 410. The van der Waals surface area contributed by atoms with Crippen LogP contribution in [0.3, 0.4) is 0 Å². The number of benzene rings is 1. The second-order valence-electron chi connectivity index (χ2n) is 3.86. The van der Waals surface area contributed by atoms with Gasteiger partial charge in [0, 0.05) is 17.1 Å². The molecule has 1 aromatic rings. The number of morpholine rings is 1. The predicted octanol–water partition coefficient (Wildman–Crippen LogP) is 2.65. The Morgan fingerprint density at radius 2 is 2.18 bits per heavy atom. The number of nitrogens with zero attached hydrogens (tertiary/aromatic N) is 2. The molecule has 1 heterocycles. The molecule has 4 nitrogen and oxygen atoms in total. The summed E-state index contributed by atoms with van der Waals surface area (Å²) in [6.07, 6.45) is 0. The maximum absolute atomic E-state index is 12.1. The number of rotatable bonds is 2. The van der Waals surface area contributed by atoms with Gasteiger partial charge in [-0.3, -0.25) is 0 Å². The van der Waals surface area contributed by atoms with E-state index in [2.05, 4.69) is 20.3 Å². The first-order chi connectivity index (χ1) is 8.16. The summed E-state index contributed by atoms with van der Waals surface area (Å²) in [5.41, 5.74) is 0.727. The molecule has 2 unspecified atom stereocenters. The second kappa shape index (κ2) is 6.06. The Labute approximate surface area is 112 Å². The molecule has 94 valence electrons. The average Bonchev–Trinajstić information content (AvgIpc) is 2.32. The van der Waals surface area contributed by atoms with Gasteiger partial charge < -0.3 is 9.29 Å². The van der Waals surface area contributed by atoms with Crippen molar-refractivity contribution in [1.29, 1.82) is 0 Å². The first kappa shape index (κ1) is 13.2. The quantitative estimate of drug-likeness (QED) is 0.842. The highest BCUT2D eigenvalue weighted by Crippen LogP contribution is 2.19. The number of ether oxygens (including phenoxy) is 1. The van der Waals surface area contributed by atoms with Crippen LogP contribution in [0, 0.1) is 0 Å². The van der Waals surface area contributed by atoms with Crippen molar-refractivity contribution >= 4 is 32.8 Å². The van der Waals surface area contributed by atoms with Crippen molar-refractivity contribution < 1.29 is 9.29 Å². The highest BCUT2D eigenvalue weighted by atomic mass is 79.9. The van der Waals surface area contributed by atoms with Crippen molar-refractivity contribution in [2.45, 2.75) is 13.0 Å². The van der Waals surface area contributed by atoms with Crippen LogP contribution in [0.2, 0.25) is 0 Å². The summed E-state index contributed by atoms with van der Waals surface area (Å²) in [7, 11) is 0. The van der Waals surface area contributed by atoms with Gasteiger partial charge in [-0.2, -0.15) is 0 Å². The minimum absolute atomic E-state index is 0.142. The van der Waals surface area contributed by atoms with E-state index in [0.717, 1.165) is 10.2 Å². The fourth-order valence-corrected chi connectivity index (χ4v) is 2.86. The lowest BCUT2D eigenvalue weighted by Gasteiger charge is -2.37. The Morgan fingerprint density at radius 1 is 1.47 bits per heavy atom. The monoisotopic (exact) mass is 317 g/mol. The van der Waals surface area contributed by atoms with Crippen molar-refractivity contribution in [3.05, 3.63) is 28.7 Å². The van der Waals surface area contributed by atoms with Crippen LogP contribution in [-0.4, -0.2) is 34.7 Å². The van der Waals surface area contributed by atoms with Crippen molar-refractivity contribution in [2.75, 3.05) is 19.8 Å². The van der Waals surface area contributed by atoms with E-state index >= 15 is 0 Å². The van der Waals surface area contributed by atoms with E-state index in [0.29, 0.717) is 19.8 Å². The third-order valence-electron chi connectivity index (χ3n) is 2.52. The van der Waals surface area contributed by atoms with Crippen LogP contribution in [0.25, 0.3) is 0 Å². The van der Waals surface area contributed by atoms with E-state index in [-0.39, 0.29) is 6.04 Å². The average molecular weight is 318 g/mol. The lowest BCUT2D eigenvalue weighted by Crippen LogP contribution is -2.44.